The highest BCUT2D eigenvalue weighted by Crippen LogP contribution is 2.18. The molecule has 2 aromatic rings. The second-order valence-electron chi connectivity index (χ2n) is 5.63. The molecule has 1 amide bonds. The van der Waals surface area contributed by atoms with Gasteiger partial charge in [-0.1, -0.05) is 12.1 Å². The number of rotatable bonds is 6. The summed E-state index contributed by atoms with van der Waals surface area (Å²) in [6.45, 7) is 8.93. The van der Waals surface area contributed by atoms with Crippen molar-refractivity contribution in [2.24, 2.45) is 0 Å². The molecule has 0 saturated heterocycles. The second-order valence-corrected chi connectivity index (χ2v) is 5.63. The van der Waals surface area contributed by atoms with Crippen molar-refractivity contribution in [1.82, 2.24) is 9.78 Å². The maximum atomic E-state index is 12.2. The van der Waals surface area contributed by atoms with Gasteiger partial charge in [-0.25, -0.2) is 0 Å². The van der Waals surface area contributed by atoms with Crippen LogP contribution in [0.5, 0.6) is 0 Å². The van der Waals surface area contributed by atoms with Crippen LogP contribution in [0.3, 0.4) is 0 Å². The molecule has 1 aromatic carbocycles. The van der Waals surface area contributed by atoms with Crippen molar-refractivity contribution in [2.75, 3.05) is 10.6 Å². The zero-order chi connectivity index (χ0) is 16.1. The quantitative estimate of drug-likeness (QED) is 0.860. The first-order chi connectivity index (χ1) is 10.5. The van der Waals surface area contributed by atoms with Crippen LogP contribution in [0.4, 0.5) is 11.4 Å². The number of carbonyl (C=O) groups is 1. The summed E-state index contributed by atoms with van der Waals surface area (Å²) >= 11 is 0. The molecule has 1 atom stereocenters. The molecule has 0 radical (unpaired) electrons. The predicted octanol–water partition coefficient (Wildman–Crippen LogP) is 3.35. The number of anilines is 2. The lowest BCUT2D eigenvalue weighted by Gasteiger charge is -2.15. The number of nitrogens with zero attached hydrogens (tertiary/aromatic N) is 2. The minimum Gasteiger partial charge on any atom is -0.380 e. The normalized spacial score (nSPS) is 12.0. The van der Waals surface area contributed by atoms with E-state index in [0.717, 1.165) is 23.5 Å². The average molecular weight is 300 g/mol. The van der Waals surface area contributed by atoms with E-state index in [4.69, 9.17) is 0 Å². The third kappa shape index (κ3) is 4.10. The minimum absolute atomic E-state index is 0.0107. The molecule has 0 unspecified atom stereocenters. The summed E-state index contributed by atoms with van der Waals surface area (Å²) in [6.07, 6.45) is 4.13. The van der Waals surface area contributed by atoms with Gasteiger partial charge in [0.15, 0.2) is 0 Å². The van der Waals surface area contributed by atoms with E-state index in [0.29, 0.717) is 6.42 Å². The molecule has 0 aliphatic carbocycles. The lowest BCUT2D eigenvalue weighted by molar-refractivity contribution is -0.116. The van der Waals surface area contributed by atoms with E-state index in [-0.39, 0.29) is 11.9 Å². The number of aromatic nitrogens is 2. The third-order valence-electron chi connectivity index (χ3n) is 3.74. The van der Waals surface area contributed by atoms with E-state index < -0.39 is 0 Å². The Kier molecular flexibility index (Phi) is 5.20. The van der Waals surface area contributed by atoms with Gasteiger partial charge in [-0.15, -0.1) is 0 Å². The molecule has 2 N–H and O–H groups in total. The Bertz CT molecular complexity index is 648. The van der Waals surface area contributed by atoms with Gasteiger partial charge < -0.3 is 10.6 Å². The largest absolute Gasteiger partial charge is 0.380 e. The summed E-state index contributed by atoms with van der Waals surface area (Å²) in [5, 5.41) is 10.5. The van der Waals surface area contributed by atoms with Gasteiger partial charge in [-0.05, 0) is 44.9 Å². The molecule has 5 heteroatoms. The van der Waals surface area contributed by atoms with Gasteiger partial charge in [0.25, 0.3) is 0 Å². The Morgan fingerprint density at radius 3 is 2.82 bits per heavy atom. The number of hydrogen-bond donors (Lipinski definition) is 2. The molecule has 5 nitrogen and oxygen atoms in total. The summed E-state index contributed by atoms with van der Waals surface area (Å²) < 4.78 is 1.85. The molecular weight excluding hydrogens is 276 g/mol. The Labute approximate surface area is 131 Å². The number of benzene rings is 1. The monoisotopic (exact) mass is 300 g/mol. The van der Waals surface area contributed by atoms with E-state index in [2.05, 4.69) is 15.7 Å². The second kappa shape index (κ2) is 7.11. The average Bonchev–Trinajstić information content (AvgIpc) is 2.91. The standard InChI is InChI=1S/C17H24N4O/c1-5-21-11-15(10-18-21)19-13(3)9-17(22)20-16-8-6-7-12(2)14(16)4/h6-8,10-11,13,19H,5,9H2,1-4H3,(H,20,22)/t13-/m1/s1. The molecule has 22 heavy (non-hydrogen) atoms. The topological polar surface area (TPSA) is 59.0 Å². The van der Waals surface area contributed by atoms with E-state index >= 15 is 0 Å². The Balaban J connectivity index is 1.89. The summed E-state index contributed by atoms with van der Waals surface area (Å²) in [5.74, 6) is 0.0107. The van der Waals surface area contributed by atoms with Crippen LogP contribution in [0, 0.1) is 13.8 Å². The molecule has 0 spiro atoms. The molecule has 0 bridgehead atoms. The number of carbonyl (C=O) groups excluding carboxylic acids is 1. The molecule has 1 aromatic heterocycles. The fraction of sp³-hybridized carbons (Fsp3) is 0.412. The third-order valence-corrected chi connectivity index (χ3v) is 3.74. The van der Waals surface area contributed by atoms with Gasteiger partial charge in [0, 0.05) is 30.9 Å². The summed E-state index contributed by atoms with van der Waals surface area (Å²) in [6, 6.07) is 5.97. The molecule has 0 aliphatic heterocycles. The highest BCUT2D eigenvalue weighted by molar-refractivity contribution is 5.92. The van der Waals surface area contributed by atoms with Gasteiger partial charge >= 0.3 is 0 Å². The van der Waals surface area contributed by atoms with Crippen molar-refractivity contribution in [3.8, 4) is 0 Å². The van der Waals surface area contributed by atoms with Gasteiger partial charge in [-0.3, -0.25) is 9.48 Å². The molecule has 0 aliphatic rings. The minimum atomic E-state index is 0.0107. The van der Waals surface area contributed by atoms with Crippen molar-refractivity contribution < 1.29 is 4.79 Å². The Hall–Kier alpha value is -2.30. The summed E-state index contributed by atoms with van der Waals surface area (Å²) in [5.41, 5.74) is 4.11. The number of nitrogens with one attached hydrogen (secondary N) is 2. The van der Waals surface area contributed by atoms with Crippen LogP contribution in [0.25, 0.3) is 0 Å². The maximum Gasteiger partial charge on any atom is 0.226 e. The van der Waals surface area contributed by atoms with Crippen molar-refractivity contribution in [1.29, 1.82) is 0 Å². The van der Waals surface area contributed by atoms with E-state index in [1.807, 2.05) is 56.8 Å². The van der Waals surface area contributed by atoms with Gasteiger partial charge in [-0.2, -0.15) is 5.10 Å². The van der Waals surface area contributed by atoms with Gasteiger partial charge in [0.2, 0.25) is 5.91 Å². The first-order valence-electron chi connectivity index (χ1n) is 7.64. The maximum absolute atomic E-state index is 12.2. The number of hydrogen-bond acceptors (Lipinski definition) is 3. The first-order valence-corrected chi connectivity index (χ1v) is 7.64. The summed E-state index contributed by atoms with van der Waals surface area (Å²) in [4.78, 5) is 12.2. The fourth-order valence-electron chi connectivity index (χ4n) is 2.31. The van der Waals surface area contributed by atoms with Crippen LogP contribution in [-0.4, -0.2) is 21.7 Å². The molecule has 1 heterocycles. The van der Waals surface area contributed by atoms with Crippen molar-refractivity contribution in [3.05, 3.63) is 41.7 Å². The summed E-state index contributed by atoms with van der Waals surface area (Å²) in [7, 11) is 0. The van der Waals surface area contributed by atoms with Crippen LogP contribution in [0.1, 0.15) is 31.4 Å². The fourth-order valence-corrected chi connectivity index (χ4v) is 2.31. The predicted molar refractivity (Wildman–Crippen MR) is 90.1 cm³/mol. The zero-order valence-corrected chi connectivity index (χ0v) is 13.7. The van der Waals surface area contributed by atoms with Crippen LogP contribution < -0.4 is 10.6 Å². The SMILES string of the molecule is CCn1cc(N[C@H](C)CC(=O)Nc2cccc(C)c2C)cn1. The van der Waals surface area contributed by atoms with Crippen LogP contribution in [0.2, 0.25) is 0 Å². The molecule has 2 rings (SSSR count). The molecule has 118 valence electrons. The first kappa shape index (κ1) is 16.1. The van der Waals surface area contributed by atoms with Gasteiger partial charge in [0.1, 0.15) is 0 Å². The highest BCUT2D eigenvalue weighted by Gasteiger charge is 2.11. The van der Waals surface area contributed by atoms with Crippen molar-refractivity contribution in [2.45, 2.75) is 46.7 Å². The zero-order valence-electron chi connectivity index (χ0n) is 13.7. The van der Waals surface area contributed by atoms with Gasteiger partial charge in [0.05, 0.1) is 11.9 Å². The van der Waals surface area contributed by atoms with Crippen LogP contribution in [-0.2, 0) is 11.3 Å². The smallest absolute Gasteiger partial charge is 0.226 e. The molecule has 0 fully saturated rings. The molecule has 0 saturated carbocycles. The van der Waals surface area contributed by atoms with Crippen molar-refractivity contribution in [3.63, 3.8) is 0 Å². The lowest BCUT2D eigenvalue weighted by atomic mass is 10.1. The van der Waals surface area contributed by atoms with Crippen LogP contribution in [0.15, 0.2) is 30.6 Å². The van der Waals surface area contributed by atoms with Crippen molar-refractivity contribution >= 4 is 17.3 Å². The number of aryl methyl sites for hydroxylation is 2. The Morgan fingerprint density at radius 2 is 2.14 bits per heavy atom. The van der Waals surface area contributed by atoms with E-state index in [9.17, 15) is 4.79 Å². The lowest BCUT2D eigenvalue weighted by Crippen LogP contribution is -2.24. The molecular formula is C17H24N4O. The van der Waals surface area contributed by atoms with E-state index in [1.165, 1.54) is 5.56 Å². The van der Waals surface area contributed by atoms with Crippen LogP contribution >= 0.6 is 0 Å². The Morgan fingerprint density at radius 1 is 1.36 bits per heavy atom. The number of amides is 1. The highest BCUT2D eigenvalue weighted by atomic mass is 16.1. The van der Waals surface area contributed by atoms with E-state index in [1.54, 1.807) is 6.20 Å².